The Morgan fingerprint density at radius 2 is 1.39 bits per heavy atom. The molecule has 1 aliphatic rings. The van der Waals surface area contributed by atoms with Gasteiger partial charge in [0, 0.05) is 36.3 Å². The summed E-state index contributed by atoms with van der Waals surface area (Å²) in [7, 11) is -12.2. The molecule has 0 radical (unpaired) electrons. The number of benzene rings is 2. The normalized spacial score (nSPS) is 19.8. The number of aliphatic hydroxyl groups is 1. The Morgan fingerprint density at radius 1 is 0.842 bits per heavy atom. The highest BCUT2D eigenvalue weighted by Gasteiger charge is 2.45. The lowest BCUT2D eigenvalue weighted by atomic mass is 10.2. The van der Waals surface area contributed by atoms with Crippen LogP contribution in [0.25, 0.3) is 21.8 Å². The monoisotopic (exact) mass is 576 g/mol. The molecule has 14 heteroatoms. The Morgan fingerprint density at radius 3 is 1.97 bits per heavy atom. The third-order valence-electron chi connectivity index (χ3n) is 6.36. The molecule has 1 fully saturated rings. The summed E-state index contributed by atoms with van der Waals surface area (Å²) in [5, 5.41) is 11.7. The summed E-state index contributed by atoms with van der Waals surface area (Å²) in [6, 6.07) is 14.7. The van der Waals surface area contributed by atoms with E-state index in [4.69, 9.17) is 0 Å². The van der Waals surface area contributed by atoms with Crippen LogP contribution in [0, 0.1) is 0 Å². The van der Waals surface area contributed by atoms with Gasteiger partial charge >= 0.3 is 0 Å². The van der Waals surface area contributed by atoms with Crippen molar-refractivity contribution in [3.8, 4) is 0 Å². The molecule has 0 spiro atoms. The molecule has 1 saturated heterocycles. The summed E-state index contributed by atoms with van der Waals surface area (Å²) in [6.07, 6.45) is 1.43. The number of para-hydroxylation sites is 2. The molecule has 3 heterocycles. The van der Waals surface area contributed by atoms with E-state index >= 15 is 0 Å². The Bertz CT molecular complexity index is 1830. The average Bonchev–Trinajstić information content (AvgIpc) is 3.17. The van der Waals surface area contributed by atoms with Crippen LogP contribution in [-0.2, 0) is 29.9 Å². The van der Waals surface area contributed by atoms with Crippen LogP contribution >= 0.6 is 0 Å². The molecule has 2 N–H and O–H groups in total. The fourth-order valence-corrected chi connectivity index (χ4v) is 9.54. The lowest BCUT2D eigenvalue weighted by molar-refractivity contribution is 0.128. The van der Waals surface area contributed by atoms with Gasteiger partial charge in [-0.2, -0.15) is 4.31 Å². The second kappa shape index (κ2) is 9.94. The van der Waals surface area contributed by atoms with Crippen molar-refractivity contribution in [2.24, 2.45) is 0 Å². The van der Waals surface area contributed by atoms with Gasteiger partial charge in [0.25, 0.3) is 0 Å². The molecule has 4 aromatic rings. The fraction of sp³-hybridized carbons (Fsp3) is 0.250. The summed E-state index contributed by atoms with van der Waals surface area (Å²) in [5.74, 6) is -1.18. The van der Waals surface area contributed by atoms with Crippen LogP contribution in [0.5, 0.6) is 0 Å². The molecule has 2 atom stereocenters. The van der Waals surface area contributed by atoms with Gasteiger partial charge in [0.15, 0.2) is 9.84 Å². The van der Waals surface area contributed by atoms with Gasteiger partial charge in [-0.3, -0.25) is 9.97 Å². The van der Waals surface area contributed by atoms with Crippen molar-refractivity contribution >= 4 is 51.7 Å². The van der Waals surface area contributed by atoms with Gasteiger partial charge in [-0.05, 0) is 24.3 Å². The second-order valence-corrected chi connectivity index (χ2v) is 14.6. The van der Waals surface area contributed by atoms with Crippen LogP contribution in [0.4, 0.5) is 0 Å². The minimum absolute atomic E-state index is 0.0771. The third kappa shape index (κ3) is 5.02. The van der Waals surface area contributed by atoms with E-state index in [1.54, 1.807) is 42.5 Å². The molecule has 0 unspecified atom stereocenters. The van der Waals surface area contributed by atoms with Crippen molar-refractivity contribution in [2.75, 3.05) is 24.6 Å². The number of aliphatic hydroxyl groups excluding tert-OH is 1. The molecule has 11 nitrogen and oxygen atoms in total. The number of sulfonamides is 2. The summed E-state index contributed by atoms with van der Waals surface area (Å²) >= 11 is 0. The van der Waals surface area contributed by atoms with Crippen LogP contribution in [0.1, 0.15) is 0 Å². The van der Waals surface area contributed by atoms with Crippen LogP contribution in [0.3, 0.4) is 0 Å². The molecule has 2 aromatic carbocycles. The first kappa shape index (κ1) is 26.6. The standard InChI is InChI=1S/C24H24N4O7S3/c29-20-16-36(30,31)15-19(20)28(38(34,35)22-10-2-6-18-8-4-12-26-24(18)22)14-13-27-37(32,33)21-9-1-5-17-7-3-11-25-23(17)21/h1-12,19-20,27,29H,13-16H2/t19-,20+/m0/s1. The molecule has 0 amide bonds. The van der Waals surface area contributed by atoms with Gasteiger partial charge in [-0.1, -0.05) is 36.4 Å². The maximum Gasteiger partial charge on any atom is 0.245 e. The Balaban J connectivity index is 1.49. The minimum atomic E-state index is -4.41. The highest BCUT2D eigenvalue weighted by molar-refractivity contribution is 7.92. The Kier molecular flexibility index (Phi) is 6.96. The van der Waals surface area contributed by atoms with Crippen LogP contribution in [0.2, 0.25) is 0 Å². The average molecular weight is 577 g/mol. The molecule has 5 rings (SSSR count). The van der Waals surface area contributed by atoms with E-state index in [0.29, 0.717) is 10.8 Å². The molecular weight excluding hydrogens is 552 g/mol. The molecule has 2 aromatic heterocycles. The lowest BCUT2D eigenvalue weighted by Crippen LogP contribution is -2.49. The van der Waals surface area contributed by atoms with Gasteiger partial charge in [0.05, 0.1) is 34.7 Å². The number of hydrogen-bond acceptors (Lipinski definition) is 9. The summed E-state index contributed by atoms with van der Waals surface area (Å²) in [6.45, 7) is -0.813. The molecule has 38 heavy (non-hydrogen) atoms. The van der Waals surface area contributed by atoms with E-state index in [-0.39, 0.29) is 27.4 Å². The van der Waals surface area contributed by atoms with Gasteiger partial charge in [0.1, 0.15) is 9.79 Å². The minimum Gasteiger partial charge on any atom is -0.390 e. The van der Waals surface area contributed by atoms with Crippen molar-refractivity contribution in [2.45, 2.75) is 21.9 Å². The molecule has 0 aliphatic carbocycles. The van der Waals surface area contributed by atoms with Crippen molar-refractivity contribution in [1.29, 1.82) is 0 Å². The van der Waals surface area contributed by atoms with E-state index in [9.17, 15) is 30.4 Å². The van der Waals surface area contributed by atoms with Gasteiger partial charge < -0.3 is 5.11 Å². The van der Waals surface area contributed by atoms with Gasteiger partial charge in [-0.25, -0.2) is 30.0 Å². The van der Waals surface area contributed by atoms with E-state index < -0.39 is 60.1 Å². The SMILES string of the molecule is O=S1(=O)C[C@@H](O)[C@@H](N(CCNS(=O)(=O)c2cccc3cccnc23)S(=O)(=O)c2cccc3cccnc23)C1. The number of rotatable bonds is 8. The van der Waals surface area contributed by atoms with Crippen molar-refractivity contribution < 1.29 is 30.4 Å². The van der Waals surface area contributed by atoms with Crippen LogP contribution in [0.15, 0.2) is 82.8 Å². The summed E-state index contributed by atoms with van der Waals surface area (Å²) in [4.78, 5) is 8.09. The number of aromatic nitrogens is 2. The first-order valence-corrected chi connectivity index (χ1v) is 16.3. The molecular formula is C24H24N4O7S3. The first-order valence-electron chi connectivity index (χ1n) is 11.6. The first-order chi connectivity index (χ1) is 18.0. The van der Waals surface area contributed by atoms with Gasteiger partial charge in [0.2, 0.25) is 20.0 Å². The molecule has 200 valence electrons. The summed E-state index contributed by atoms with van der Waals surface area (Å²) < 4.78 is 81.8. The van der Waals surface area contributed by atoms with Crippen molar-refractivity contribution in [1.82, 2.24) is 19.0 Å². The number of fused-ring (bicyclic) bond motifs is 2. The quantitative estimate of drug-likeness (QED) is 0.310. The molecule has 0 bridgehead atoms. The van der Waals surface area contributed by atoms with Gasteiger partial charge in [-0.15, -0.1) is 0 Å². The maximum absolute atomic E-state index is 13.9. The number of pyridine rings is 2. The Hall–Kier alpha value is -3.01. The number of nitrogens with zero attached hydrogens (tertiary/aromatic N) is 3. The number of sulfone groups is 1. The van der Waals surface area contributed by atoms with Crippen LogP contribution < -0.4 is 4.72 Å². The van der Waals surface area contributed by atoms with E-state index in [1.807, 2.05) is 0 Å². The zero-order valence-corrected chi connectivity index (χ0v) is 22.3. The number of hydrogen-bond donors (Lipinski definition) is 2. The van der Waals surface area contributed by atoms with E-state index in [1.165, 1.54) is 30.6 Å². The van der Waals surface area contributed by atoms with E-state index in [2.05, 4.69) is 14.7 Å². The highest BCUT2D eigenvalue weighted by atomic mass is 32.2. The second-order valence-electron chi connectivity index (χ2n) is 8.89. The van der Waals surface area contributed by atoms with Crippen molar-refractivity contribution in [3.63, 3.8) is 0 Å². The lowest BCUT2D eigenvalue weighted by Gasteiger charge is -2.29. The largest absolute Gasteiger partial charge is 0.390 e. The predicted molar refractivity (Wildman–Crippen MR) is 141 cm³/mol. The molecule has 1 aliphatic heterocycles. The Labute approximate surface area is 220 Å². The topological polar surface area (TPSA) is 164 Å². The fourth-order valence-electron chi connectivity index (χ4n) is 4.62. The zero-order chi connectivity index (χ0) is 27.1. The summed E-state index contributed by atoms with van der Waals surface area (Å²) in [5.41, 5.74) is 0.434. The van der Waals surface area contributed by atoms with Crippen LogP contribution in [-0.4, -0.2) is 81.4 Å². The zero-order valence-electron chi connectivity index (χ0n) is 19.9. The smallest absolute Gasteiger partial charge is 0.245 e. The van der Waals surface area contributed by atoms with Crippen molar-refractivity contribution in [3.05, 3.63) is 73.1 Å². The predicted octanol–water partition coefficient (Wildman–Crippen LogP) is 0.910. The maximum atomic E-state index is 13.9. The highest BCUT2D eigenvalue weighted by Crippen LogP contribution is 2.29. The number of nitrogens with one attached hydrogen (secondary N) is 1. The third-order valence-corrected chi connectivity index (χ3v) is 11.5. The van der Waals surface area contributed by atoms with E-state index in [0.717, 1.165) is 4.31 Å². The molecule has 0 saturated carbocycles.